The van der Waals surface area contributed by atoms with E-state index in [0.717, 1.165) is 11.0 Å². The molecular weight excluding hydrogens is 296 g/mol. The predicted molar refractivity (Wildman–Crippen MR) is 72.5 cm³/mol. The van der Waals surface area contributed by atoms with E-state index < -0.39 is 34.4 Å². The minimum Gasteiger partial charge on any atom is -0.478 e. The maximum atomic E-state index is 12.0. The Morgan fingerprint density at radius 2 is 2.14 bits per heavy atom. The van der Waals surface area contributed by atoms with Crippen molar-refractivity contribution >= 4 is 29.2 Å². The molecule has 1 aromatic carbocycles. The Morgan fingerprint density at radius 1 is 1.45 bits per heavy atom. The SMILES string of the molecule is COC(=O)C1CC(=O)N(c2ccc(C(=O)O)cc2[N+](=O)[O-])C1. The Kier molecular flexibility index (Phi) is 4.06. The molecule has 0 radical (unpaired) electrons. The van der Waals surface area contributed by atoms with E-state index in [-0.39, 0.29) is 24.2 Å². The lowest BCUT2D eigenvalue weighted by atomic mass is 10.1. The number of hydrogen-bond donors (Lipinski definition) is 1. The summed E-state index contributed by atoms with van der Waals surface area (Å²) in [6, 6.07) is 3.25. The number of amides is 1. The lowest BCUT2D eigenvalue weighted by molar-refractivity contribution is -0.384. The van der Waals surface area contributed by atoms with Gasteiger partial charge in [-0.2, -0.15) is 0 Å². The van der Waals surface area contributed by atoms with E-state index in [1.807, 2.05) is 0 Å². The van der Waals surface area contributed by atoms with Crippen LogP contribution < -0.4 is 4.90 Å². The highest BCUT2D eigenvalue weighted by molar-refractivity contribution is 6.01. The van der Waals surface area contributed by atoms with Crippen LogP contribution in [0.1, 0.15) is 16.8 Å². The number of ether oxygens (including phenoxy) is 1. The number of carbonyl (C=O) groups excluding carboxylic acids is 2. The van der Waals surface area contributed by atoms with Crippen LogP contribution in [0.3, 0.4) is 0 Å². The highest BCUT2D eigenvalue weighted by Gasteiger charge is 2.38. The van der Waals surface area contributed by atoms with Gasteiger partial charge in [-0.25, -0.2) is 4.79 Å². The van der Waals surface area contributed by atoms with Crippen molar-refractivity contribution in [3.05, 3.63) is 33.9 Å². The number of carboxylic acids is 1. The second-order valence-electron chi connectivity index (χ2n) is 4.69. The van der Waals surface area contributed by atoms with Crippen LogP contribution in [0, 0.1) is 16.0 Å². The highest BCUT2D eigenvalue weighted by Crippen LogP contribution is 2.34. The molecule has 1 aliphatic heterocycles. The number of anilines is 1. The molecule has 0 saturated carbocycles. The Balaban J connectivity index is 2.40. The standard InChI is InChI=1S/C13H12N2O7/c1-22-13(19)8-5-11(16)14(6-8)9-3-2-7(12(17)18)4-10(9)15(20)21/h2-4,8H,5-6H2,1H3,(H,17,18). The summed E-state index contributed by atoms with van der Waals surface area (Å²) in [6.45, 7) is -0.0429. The normalized spacial score (nSPS) is 17.4. The molecule has 1 fully saturated rings. The number of methoxy groups -OCH3 is 1. The number of rotatable bonds is 4. The van der Waals surface area contributed by atoms with Crippen LogP contribution in [0.4, 0.5) is 11.4 Å². The zero-order valence-electron chi connectivity index (χ0n) is 11.5. The van der Waals surface area contributed by atoms with Crippen molar-refractivity contribution < 1.29 is 29.2 Å². The van der Waals surface area contributed by atoms with Crippen LogP contribution >= 0.6 is 0 Å². The fourth-order valence-corrected chi connectivity index (χ4v) is 2.30. The van der Waals surface area contributed by atoms with E-state index in [4.69, 9.17) is 5.11 Å². The maximum absolute atomic E-state index is 12.0. The number of nitrogens with zero attached hydrogens (tertiary/aromatic N) is 2. The third-order valence-electron chi connectivity index (χ3n) is 3.37. The van der Waals surface area contributed by atoms with Crippen molar-refractivity contribution in [3.63, 3.8) is 0 Å². The zero-order chi connectivity index (χ0) is 16.4. The van der Waals surface area contributed by atoms with Crippen LogP contribution in [0.25, 0.3) is 0 Å². The van der Waals surface area contributed by atoms with Gasteiger partial charge >= 0.3 is 11.9 Å². The van der Waals surface area contributed by atoms with Crippen molar-refractivity contribution in [2.75, 3.05) is 18.6 Å². The number of esters is 1. The topological polar surface area (TPSA) is 127 Å². The smallest absolute Gasteiger partial charge is 0.335 e. The van der Waals surface area contributed by atoms with E-state index in [1.54, 1.807) is 0 Å². The van der Waals surface area contributed by atoms with E-state index in [2.05, 4.69) is 4.74 Å². The third-order valence-corrected chi connectivity index (χ3v) is 3.37. The van der Waals surface area contributed by atoms with E-state index in [1.165, 1.54) is 19.2 Å². The molecule has 0 aliphatic carbocycles. The fraction of sp³-hybridized carbons (Fsp3) is 0.308. The zero-order valence-corrected chi connectivity index (χ0v) is 11.5. The van der Waals surface area contributed by atoms with Crippen LogP contribution in [-0.2, 0) is 14.3 Å². The summed E-state index contributed by atoms with van der Waals surface area (Å²) in [5, 5.41) is 20.0. The molecule has 1 aliphatic rings. The molecule has 22 heavy (non-hydrogen) atoms. The van der Waals surface area contributed by atoms with E-state index >= 15 is 0 Å². The average Bonchev–Trinajstić information content (AvgIpc) is 2.87. The summed E-state index contributed by atoms with van der Waals surface area (Å²) < 4.78 is 4.57. The summed E-state index contributed by atoms with van der Waals surface area (Å²) in [5.74, 6) is -3.03. The molecule has 1 aromatic rings. The van der Waals surface area contributed by atoms with E-state index in [0.29, 0.717) is 0 Å². The first-order valence-electron chi connectivity index (χ1n) is 6.25. The van der Waals surface area contributed by atoms with Crippen molar-refractivity contribution in [2.24, 2.45) is 5.92 Å². The second kappa shape index (κ2) is 5.80. The van der Waals surface area contributed by atoms with Crippen molar-refractivity contribution in [1.29, 1.82) is 0 Å². The second-order valence-corrected chi connectivity index (χ2v) is 4.69. The molecule has 9 nitrogen and oxygen atoms in total. The molecule has 1 N–H and O–H groups in total. The summed E-state index contributed by atoms with van der Waals surface area (Å²) >= 11 is 0. The van der Waals surface area contributed by atoms with Crippen molar-refractivity contribution in [1.82, 2.24) is 0 Å². The van der Waals surface area contributed by atoms with Gasteiger partial charge in [-0.05, 0) is 12.1 Å². The molecule has 0 bridgehead atoms. The average molecular weight is 308 g/mol. The quantitative estimate of drug-likeness (QED) is 0.495. The largest absolute Gasteiger partial charge is 0.478 e. The van der Waals surface area contributed by atoms with E-state index in [9.17, 15) is 24.5 Å². The highest BCUT2D eigenvalue weighted by atomic mass is 16.6. The molecule has 2 rings (SSSR count). The first-order valence-corrected chi connectivity index (χ1v) is 6.25. The maximum Gasteiger partial charge on any atom is 0.335 e. The number of carbonyl (C=O) groups is 3. The molecular formula is C13H12N2O7. The van der Waals surface area contributed by atoms with Gasteiger partial charge in [-0.1, -0.05) is 0 Å². The van der Waals surface area contributed by atoms with Gasteiger partial charge < -0.3 is 14.7 Å². The molecule has 0 aromatic heterocycles. The Bertz CT molecular complexity index is 670. The van der Waals surface area contributed by atoms with Gasteiger partial charge in [-0.3, -0.25) is 19.7 Å². The first kappa shape index (κ1) is 15.4. The molecule has 116 valence electrons. The van der Waals surface area contributed by atoms with Gasteiger partial charge in [0.1, 0.15) is 5.69 Å². The van der Waals surface area contributed by atoms with Crippen molar-refractivity contribution in [2.45, 2.75) is 6.42 Å². The lowest BCUT2D eigenvalue weighted by Crippen LogP contribution is -2.27. The molecule has 1 atom stereocenters. The van der Waals surface area contributed by atoms with Crippen LogP contribution in [0.15, 0.2) is 18.2 Å². The van der Waals surface area contributed by atoms with Gasteiger partial charge in [0.15, 0.2) is 0 Å². The molecule has 9 heteroatoms. The Hall–Kier alpha value is -2.97. The minimum atomic E-state index is -1.31. The van der Waals surface area contributed by atoms with Gasteiger partial charge in [0, 0.05) is 19.0 Å². The molecule has 1 heterocycles. The monoisotopic (exact) mass is 308 g/mol. The fourth-order valence-electron chi connectivity index (χ4n) is 2.30. The molecule has 0 spiro atoms. The number of hydrogen-bond acceptors (Lipinski definition) is 6. The Labute approximate surface area is 124 Å². The molecule has 1 amide bonds. The van der Waals surface area contributed by atoms with Gasteiger partial charge in [0.25, 0.3) is 5.69 Å². The Morgan fingerprint density at radius 3 is 2.68 bits per heavy atom. The van der Waals surface area contributed by atoms with Crippen LogP contribution in [0.5, 0.6) is 0 Å². The number of aromatic carboxylic acids is 1. The molecule has 1 saturated heterocycles. The van der Waals surface area contributed by atoms with Gasteiger partial charge in [-0.15, -0.1) is 0 Å². The summed E-state index contributed by atoms with van der Waals surface area (Å²) in [6.07, 6.45) is -0.107. The van der Waals surface area contributed by atoms with Crippen LogP contribution in [-0.4, -0.2) is 41.5 Å². The predicted octanol–water partition coefficient (Wildman–Crippen LogP) is 0.819. The third kappa shape index (κ3) is 2.73. The van der Waals surface area contributed by atoms with Crippen molar-refractivity contribution in [3.8, 4) is 0 Å². The summed E-state index contributed by atoms with van der Waals surface area (Å²) in [4.78, 5) is 45.8. The van der Waals surface area contributed by atoms with Gasteiger partial charge in [0.05, 0.1) is 23.5 Å². The lowest BCUT2D eigenvalue weighted by Gasteiger charge is -2.16. The van der Waals surface area contributed by atoms with Gasteiger partial charge in [0.2, 0.25) is 5.91 Å². The number of benzene rings is 1. The minimum absolute atomic E-state index is 0.0357. The first-order chi connectivity index (χ1) is 10.3. The molecule has 1 unspecified atom stereocenters. The van der Waals surface area contributed by atoms with Crippen LogP contribution in [0.2, 0.25) is 0 Å². The summed E-state index contributed by atoms with van der Waals surface area (Å²) in [5.41, 5.74) is -0.795. The summed E-state index contributed by atoms with van der Waals surface area (Å²) in [7, 11) is 1.19. The number of nitro benzene ring substituents is 1. The number of carboxylic acid groups (broad SMARTS) is 1. The number of nitro groups is 1.